The van der Waals surface area contributed by atoms with Crippen molar-refractivity contribution in [1.29, 1.82) is 0 Å². The van der Waals surface area contributed by atoms with Gasteiger partial charge in [-0.05, 0) is 32.0 Å². The standard InChI is InChI=1S/C12H16N4/c1-9-12(10-4-3-7-14-8-10)16-11(15-9)5-2-6-13/h3-4,7-8H,2,5-6,13H2,1H3,(H,15,16). The Hall–Kier alpha value is -1.68. The Bertz CT molecular complexity index is 447. The fraction of sp³-hybridized carbons (Fsp3) is 0.333. The van der Waals surface area contributed by atoms with Gasteiger partial charge in [-0.1, -0.05) is 0 Å². The summed E-state index contributed by atoms with van der Waals surface area (Å²) in [6.07, 6.45) is 5.45. The minimum Gasteiger partial charge on any atom is -0.346 e. The molecule has 0 aliphatic rings. The maximum absolute atomic E-state index is 5.48. The van der Waals surface area contributed by atoms with E-state index < -0.39 is 0 Å². The highest BCUT2D eigenvalue weighted by Crippen LogP contribution is 2.20. The summed E-state index contributed by atoms with van der Waals surface area (Å²) in [5, 5.41) is 0. The van der Waals surface area contributed by atoms with Crippen LogP contribution in [0.15, 0.2) is 24.5 Å². The smallest absolute Gasteiger partial charge is 0.107 e. The number of pyridine rings is 1. The molecule has 84 valence electrons. The second-order valence-corrected chi connectivity index (χ2v) is 3.79. The first kappa shape index (κ1) is 10.8. The molecule has 2 aromatic heterocycles. The predicted molar refractivity (Wildman–Crippen MR) is 63.9 cm³/mol. The topological polar surface area (TPSA) is 67.6 Å². The summed E-state index contributed by atoms with van der Waals surface area (Å²) < 4.78 is 0. The van der Waals surface area contributed by atoms with Crippen molar-refractivity contribution in [3.8, 4) is 11.3 Å². The van der Waals surface area contributed by atoms with Crippen LogP contribution in [0.4, 0.5) is 0 Å². The molecule has 0 saturated heterocycles. The van der Waals surface area contributed by atoms with Crippen LogP contribution in [0.2, 0.25) is 0 Å². The summed E-state index contributed by atoms with van der Waals surface area (Å²) in [5.41, 5.74) is 8.60. The molecule has 0 fully saturated rings. The van der Waals surface area contributed by atoms with Gasteiger partial charge in [0.15, 0.2) is 0 Å². The Morgan fingerprint density at radius 2 is 2.31 bits per heavy atom. The quantitative estimate of drug-likeness (QED) is 0.817. The van der Waals surface area contributed by atoms with Crippen molar-refractivity contribution in [3.05, 3.63) is 36.0 Å². The van der Waals surface area contributed by atoms with Crippen molar-refractivity contribution < 1.29 is 0 Å². The number of nitrogens with zero attached hydrogens (tertiary/aromatic N) is 2. The van der Waals surface area contributed by atoms with Crippen LogP contribution in [-0.4, -0.2) is 21.5 Å². The van der Waals surface area contributed by atoms with Gasteiger partial charge in [0.25, 0.3) is 0 Å². The molecule has 0 radical (unpaired) electrons. The SMILES string of the molecule is Cc1[nH]c(CCCN)nc1-c1cccnc1. The van der Waals surface area contributed by atoms with Crippen LogP contribution in [0.3, 0.4) is 0 Å². The second-order valence-electron chi connectivity index (χ2n) is 3.79. The number of rotatable bonds is 4. The van der Waals surface area contributed by atoms with E-state index >= 15 is 0 Å². The molecular weight excluding hydrogens is 200 g/mol. The van der Waals surface area contributed by atoms with E-state index in [2.05, 4.69) is 15.0 Å². The number of hydrogen-bond donors (Lipinski definition) is 2. The summed E-state index contributed by atoms with van der Waals surface area (Å²) in [7, 11) is 0. The highest BCUT2D eigenvalue weighted by Gasteiger charge is 2.08. The number of imidazole rings is 1. The Morgan fingerprint density at radius 3 is 3.00 bits per heavy atom. The lowest BCUT2D eigenvalue weighted by Crippen LogP contribution is -2.01. The monoisotopic (exact) mass is 216 g/mol. The van der Waals surface area contributed by atoms with Gasteiger partial charge in [-0.25, -0.2) is 4.98 Å². The van der Waals surface area contributed by atoms with Gasteiger partial charge in [0.2, 0.25) is 0 Å². The summed E-state index contributed by atoms with van der Waals surface area (Å²) >= 11 is 0. The first-order valence-electron chi connectivity index (χ1n) is 5.47. The molecule has 2 aromatic rings. The fourth-order valence-corrected chi connectivity index (χ4v) is 1.69. The number of aromatic amines is 1. The normalized spacial score (nSPS) is 10.6. The van der Waals surface area contributed by atoms with Crippen LogP contribution in [0, 0.1) is 6.92 Å². The van der Waals surface area contributed by atoms with Crippen LogP contribution < -0.4 is 5.73 Å². The number of hydrogen-bond acceptors (Lipinski definition) is 3. The fourth-order valence-electron chi connectivity index (χ4n) is 1.69. The van der Waals surface area contributed by atoms with E-state index in [1.165, 1.54) is 0 Å². The largest absolute Gasteiger partial charge is 0.346 e. The minimum absolute atomic E-state index is 0.696. The number of nitrogens with one attached hydrogen (secondary N) is 1. The molecule has 0 aliphatic carbocycles. The van der Waals surface area contributed by atoms with Gasteiger partial charge in [0.1, 0.15) is 5.82 Å². The molecule has 4 nitrogen and oxygen atoms in total. The van der Waals surface area contributed by atoms with Crippen molar-refractivity contribution in [1.82, 2.24) is 15.0 Å². The molecule has 16 heavy (non-hydrogen) atoms. The van der Waals surface area contributed by atoms with Crippen molar-refractivity contribution in [2.24, 2.45) is 5.73 Å². The second kappa shape index (κ2) is 4.90. The Morgan fingerprint density at radius 1 is 1.44 bits per heavy atom. The average Bonchev–Trinajstić information content (AvgIpc) is 2.69. The summed E-state index contributed by atoms with van der Waals surface area (Å²) in [6.45, 7) is 2.73. The lowest BCUT2D eigenvalue weighted by molar-refractivity contribution is 0.792. The third-order valence-electron chi connectivity index (χ3n) is 2.49. The van der Waals surface area contributed by atoms with E-state index in [0.29, 0.717) is 6.54 Å². The molecular formula is C12H16N4. The first-order chi connectivity index (χ1) is 7.81. The third kappa shape index (κ3) is 2.28. The molecule has 2 rings (SSSR count). The van der Waals surface area contributed by atoms with Crippen molar-refractivity contribution in [2.75, 3.05) is 6.54 Å². The molecule has 0 saturated carbocycles. The predicted octanol–water partition coefficient (Wildman–Crippen LogP) is 1.67. The van der Waals surface area contributed by atoms with Crippen molar-refractivity contribution >= 4 is 0 Å². The molecule has 4 heteroatoms. The van der Waals surface area contributed by atoms with Crippen LogP contribution in [0.25, 0.3) is 11.3 Å². The molecule has 0 bridgehead atoms. The van der Waals surface area contributed by atoms with E-state index in [1.807, 2.05) is 25.3 Å². The highest BCUT2D eigenvalue weighted by atomic mass is 14.9. The Balaban J connectivity index is 2.25. The van der Waals surface area contributed by atoms with Crippen LogP contribution in [0.1, 0.15) is 17.9 Å². The molecule has 0 spiro atoms. The minimum atomic E-state index is 0.696. The van der Waals surface area contributed by atoms with Crippen LogP contribution in [-0.2, 0) is 6.42 Å². The van der Waals surface area contributed by atoms with Crippen LogP contribution >= 0.6 is 0 Å². The maximum Gasteiger partial charge on any atom is 0.107 e. The Labute approximate surface area is 94.9 Å². The van der Waals surface area contributed by atoms with Gasteiger partial charge in [0, 0.05) is 30.1 Å². The van der Waals surface area contributed by atoms with Gasteiger partial charge in [0.05, 0.1) is 5.69 Å². The molecule has 3 N–H and O–H groups in total. The highest BCUT2D eigenvalue weighted by molar-refractivity contribution is 5.60. The zero-order valence-corrected chi connectivity index (χ0v) is 9.40. The zero-order valence-electron chi connectivity index (χ0n) is 9.40. The number of H-pyrrole nitrogens is 1. The van der Waals surface area contributed by atoms with E-state index in [-0.39, 0.29) is 0 Å². The van der Waals surface area contributed by atoms with Crippen molar-refractivity contribution in [3.63, 3.8) is 0 Å². The number of nitrogens with two attached hydrogens (primary N) is 1. The van der Waals surface area contributed by atoms with E-state index in [1.54, 1.807) is 6.20 Å². The summed E-state index contributed by atoms with van der Waals surface area (Å²) in [6, 6.07) is 3.94. The molecule has 0 aromatic carbocycles. The van der Waals surface area contributed by atoms with E-state index in [9.17, 15) is 0 Å². The van der Waals surface area contributed by atoms with Gasteiger partial charge in [-0.2, -0.15) is 0 Å². The summed E-state index contributed by atoms with van der Waals surface area (Å²) in [4.78, 5) is 11.9. The van der Waals surface area contributed by atoms with Gasteiger partial charge >= 0.3 is 0 Å². The lowest BCUT2D eigenvalue weighted by atomic mass is 10.2. The zero-order chi connectivity index (χ0) is 11.4. The molecule has 0 amide bonds. The third-order valence-corrected chi connectivity index (χ3v) is 2.49. The van der Waals surface area contributed by atoms with Gasteiger partial charge in [-0.3, -0.25) is 4.98 Å². The molecule has 0 unspecified atom stereocenters. The summed E-state index contributed by atoms with van der Waals surface area (Å²) in [5.74, 6) is 1.00. The first-order valence-corrected chi connectivity index (χ1v) is 5.47. The van der Waals surface area contributed by atoms with Gasteiger partial charge < -0.3 is 10.7 Å². The molecule has 0 aliphatic heterocycles. The van der Waals surface area contributed by atoms with E-state index in [0.717, 1.165) is 35.6 Å². The number of aromatic nitrogens is 3. The maximum atomic E-state index is 5.48. The number of aryl methyl sites for hydroxylation is 2. The van der Waals surface area contributed by atoms with Crippen molar-refractivity contribution in [2.45, 2.75) is 19.8 Å². The average molecular weight is 216 g/mol. The lowest BCUT2D eigenvalue weighted by Gasteiger charge is -1.95. The molecule has 2 heterocycles. The van der Waals surface area contributed by atoms with E-state index in [4.69, 9.17) is 5.73 Å². The Kier molecular flexibility index (Phi) is 3.31. The van der Waals surface area contributed by atoms with Crippen LogP contribution in [0.5, 0.6) is 0 Å². The molecule has 0 atom stereocenters. The van der Waals surface area contributed by atoms with Gasteiger partial charge in [-0.15, -0.1) is 0 Å².